The first-order valence-electron chi connectivity index (χ1n) is 3.96. The minimum absolute atomic E-state index is 0.213. The molecule has 1 rings (SSSR count). The molecule has 0 N–H and O–H groups in total. The van der Waals surface area contributed by atoms with Crippen molar-refractivity contribution in [1.29, 1.82) is 0 Å². The van der Waals surface area contributed by atoms with Crippen molar-refractivity contribution in [1.82, 2.24) is 0 Å². The number of alkyl halides is 4. The molecular weight excluding hydrogens is 219 g/mol. The lowest BCUT2D eigenvalue weighted by molar-refractivity contribution is -0.148. The number of ether oxygens (including phenoxy) is 1. The largest absolute Gasteiger partial charge is 0.487 e. The summed E-state index contributed by atoms with van der Waals surface area (Å²) in [7, 11) is 0. The van der Waals surface area contributed by atoms with E-state index < -0.39 is 24.8 Å². The monoisotopic (exact) mass is 226 g/mol. The van der Waals surface area contributed by atoms with Gasteiger partial charge in [0.1, 0.15) is 11.6 Å². The topological polar surface area (TPSA) is 9.23 Å². The molecule has 0 amide bonds. The van der Waals surface area contributed by atoms with E-state index in [9.17, 15) is 22.0 Å². The summed E-state index contributed by atoms with van der Waals surface area (Å²) in [6.45, 7) is -1.48. The highest BCUT2D eigenvalue weighted by molar-refractivity contribution is 5.22. The lowest BCUT2D eigenvalue weighted by Crippen LogP contribution is -2.33. The molecule has 0 aliphatic carbocycles. The van der Waals surface area contributed by atoms with E-state index in [-0.39, 0.29) is 5.75 Å². The van der Waals surface area contributed by atoms with E-state index in [4.69, 9.17) is 0 Å². The van der Waals surface area contributed by atoms with Crippen LogP contribution in [0.15, 0.2) is 24.3 Å². The van der Waals surface area contributed by atoms with Crippen LogP contribution >= 0.6 is 0 Å². The van der Waals surface area contributed by atoms with Gasteiger partial charge in [-0.25, -0.2) is 13.2 Å². The van der Waals surface area contributed by atoms with Crippen LogP contribution in [0.25, 0.3) is 0 Å². The summed E-state index contributed by atoms with van der Waals surface area (Å²) in [5.74, 6) is -5.13. The first-order chi connectivity index (χ1) is 6.92. The standard InChI is InChI=1S/C9H7F5O/c10-6-2-1-3-7(4-6)15-5-9(13,14)8(11)12/h1-4,8H,5H2. The fraction of sp³-hybridized carbons (Fsp3) is 0.333. The summed E-state index contributed by atoms with van der Waals surface area (Å²) in [5.41, 5.74) is 0. The van der Waals surface area contributed by atoms with Gasteiger partial charge in [-0.15, -0.1) is 0 Å². The molecule has 1 nitrogen and oxygen atoms in total. The lowest BCUT2D eigenvalue weighted by atomic mass is 10.3. The minimum Gasteiger partial charge on any atom is -0.487 e. The first-order valence-corrected chi connectivity index (χ1v) is 3.96. The van der Waals surface area contributed by atoms with Crippen molar-refractivity contribution < 1.29 is 26.7 Å². The molecule has 0 aromatic heterocycles. The third-order valence-electron chi connectivity index (χ3n) is 1.55. The molecule has 6 heteroatoms. The number of benzene rings is 1. The molecule has 0 aliphatic rings. The van der Waals surface area contributed by atoms with Gasteiger partial charge in [0.2, 0.25) is 0 Å². The predicted molar refractivity (Wildman–Crippen MR) is 42.8 cm³/mol. The van der Waals surface area contributed by atoms with Crippen LogP contribution in [0.2, 0.25) is 0 Å². The molecular formula is C9H7F5O. The van der Waals surface area contributed by atoms with E-state index >= 15 is 0 Å². The Balaban J connectivity index is 2.57. The number of rotatable bonds is 4. The molecule has 0 saturated carbocycles. The average molecular weight is 226 g/mol. The number of halogens is 5. The zero-order chi connectivity index (χ0) is 11.5. The second-order valence-electron chi connectivity index (χ2n) is 2.81. The van der Waals surface area contributed by atoms with Crippen molar-refractivity contribution in [3.63, 3.8) is 0 Å². The zero-order valence-corrected chi connectivity index (χ0v) is 7.39. The predicted octanol–water partition coefficient (Wildman–Crippen LogP) is 3.10. The molecule has 0 spiro atoms. The number of hydrogen-bond acceptors (Lipinski definition) is 1. The van der Waals surface area contributed by atoms with Crippen LogP contribution in [0, 0.1) is 5.82 Å². The first kappa shape index (κ1) is 11.7. The molecule has 0 bridgehead atoms. The van der Waals surface area contributed by atoms with Crippen molar-refractivity contribution in [3.8, 4) is 5.75 Å². The maximum Gasteiger partial charge on any atom is 0.340 e. The fourth-order valence-electron chi connectivity index (χ4n) is 0.799. The Labute approximate surface area is 82.5 Å². The van der Waals surface area contributed by atoms with Gasteiger partial charge < -0.3 is 4.74 Å². The highest BCUT2D eigenvalue weighted by atomic mass is 19.3. The molecule has 0 fully saturated rings. The van der Waals surface area contributed by atoms with Crippen molar-refractivity contribution in [2.45, 2.75) is 12.3 Å². The van der Waals surface area contributed by atoms with Crippen LogP contribution in [0.5, 0.6) is 5.75 Å². The summed E-state index contributed by atoms with van der Waals surface area (Å²) < 4.78 is 65.0. The van der Waals surface area contributed by atoms with Crippen molar-refractivity contribution in [2.75, 3.05) is 6.61 Å². The molecule has 0 radical (unpaired) electrons. The van der Waals surface area contributed by atoms with Gasteiger partial charge in [0.25, 0.3) is 0 Å². The second-order valence-corrected chi connectivity index (χ2v) is 2.81. The molecule has 0 unspecified atom stereocenters. The summed E-state index contributed by atoms with van der Waals surface area (Å²) in [6, 6.07) is 4.34. The summed E-state index contributed by atoms with van der Waals surface area (Å²) in [4.78, 5) is 0. The zero-order valence-electron chi connectivity index (χ0n) is 7.39. The summed E-state index contributed by atoms with van der Waals surface area (Å²) in [6.07, 6.45) is -3.80. The molecule has 84 valence electrons. The quantitative estimate of drug-likeness (QED) is 0.717. The lowest BCUT2D eigenvalue weighted by Gasteiger charge is -2.15. The van der Waals surface area contributed by atoms with E-state index in [1.165, 1.54) is 12.1 Å². The van der Waals surface area contributed by atoms with E-state index in [1.807, 2.05) is 0 Å². The molecule has 0 atom stereocenters. The Kier molecular flexibility index (Phi) is 3.49. The molecule has 15 heavy (non-hydrogen) atoms. The van der Waals surface area contributed by atoms with E-state index in [0.717, 1.165) is 12.1 Å². The van der Waals surface area contributed by atoms with Crippen LogP contribution in [0.1, 0.15) is 0 Å². The third-order valence-corrected chi connectivity index (χ3v) is 1.55. The highest BCUT2D eigenvalue weighted by Crippen LogP contribution is 2.24. The Morgan fingerprint density at radius 1 is 1.27 bits per heavy atom. The Bertz CT molecular complexity index is 326. The van der Waals surface area contributed by atoms with Crippen molar-refractivity contribution in [2.24, 2.45) is 0 Å². The normalized spacial score (nSPS) is 11.9. The number of hydrogen-bond donors (Lipinski definition) is 0. The Hall–Kier alpha value is -1.33. The second kappa shape index (κ2) is 4.46. The summed E-state index contributed by atoms with van der Waals surface area (Å²) in [5, 5.41) is 0. The van der Waals surface area contributed by atoms with Crippen LogP contribution < -0.4 is 4.74 Å². The highest BCUT2D eigenvalue weighted by Gasteiger charge is 2.41. The van der Waals surface area contributed by atoms with E-state index in [2.05, 4.69) is 4.74 Å². The molecule has 0 heterocycles. The van der Waals surface area contributed by atoms with Crippen molar-refractivity contribution >= 4 is 0 Å². The Morgan fingerprint density at radius 2 is 1.93 bits per heavy atom. The molecule has 1 aromatic carbocycles. The van der Waals surface area contributed by atoms with Crippen LogP contribution in [-0.2, 0) is 0 Å². The molecule has 0 aliphatic heterocycles. The fourth-order valence-corrected chi connectivity index (χ4v) is 0.799. The molecule has 1 aromatic rings. The van der Waals surface area contributed by atoms with Gasteiger partial charge in [-0.3, -0.25) is 0 Å². The van der Waals surface area contributed by atoms with Gasteiger partial charge >= 0.3 is 12.3 Å². The molecule has 0 saturated heterocycles. The van der Waals surface area contributed by atoms with Crippen molar-refractivity contribution in [3.05, 3.63) is 30.1 Å². The van der Waals surface area contributed by atoms with Crippen LogP contribution in [-0.4, -0.2) is 19.0 Å². The maximum atomic E-state index is 12.5. The third kappa shape index (κ3) is 3.38. The summed E-state index contributed by atoms with van der Waals surface area (Å²) >= 11 is 0. The SMILES string of the molecule is Fc1cccc(OCC(F)(F)C(F)F)c1. The van der Waals surface area contributed by atoms with E-state index in [1.54, 1.807) is 0 Å². The van der Waals surface area contributed by atoms with Gasteiger partial charge in [0.15, 0.2) is 6.61 Å². The minimum atomic E-state index is -4.23. The van der Waals surface area contributed by atoms with E-state index in [0.29, 0.717) is 0 Å². The smallest absolute Gasteiger partial charge is 0.340 e. The van der Waals surface area contributed by atoms with Gasteiger partial charge in [-0.1, -0.05) is 6.07 Å². The van der Waals surface area contributed by atoms with Gasteiger partial charge in [-0.2, -0.15) is 8.78 Å². The average Bonchev–Trinajstić information content (AvgIpc) is 2.15. The van der Waals surface area contributed by atoms with Crippen LogP contribution in [0.4, 0.5) is 22.0 Å². The van der Waals surface area contributed by atoms with Gasteiger partial charge in [-0.05, 0) is 12.1 Å². The van der Waals surface area contributed by atoms with Gasteiger partial charge in [0.05, 0.1) is 0 Å². The van der Waals surface area contributed by atoms with Crippen LogP contribution in [0.3, 0.4) is 0 Å². The van der Waals surface area contributed by atoms with Gasteiger partial charge in [0, 0.05) is 6.07 Å². The Morgan fingerprint density at radius 3 is 2.47 bits per heavy atom. The maximum absolute atomic E-state index is 12.5.